The number of imide groups is 1. The second-order valence-electron chi connectivity index (χ2n) is 9.30. The molecule has 6 nitrogen and oxygen atoms in total. The average molecular weight is 464 g/mol. The average Bonchev–Trinajstić information content (AvgIpc) is 3.34. The largest absolute Gasteiger partial charge is 0.358 e. The number of ketones is 1. The van der Waals surface area contributed by atoms with E-state index in [9.17, 15) is 14.4 Å². The van der Waals surface area contributed by atoms with Crippen molar-refractivity contribution in [3.05, 3.63) is 106 Å². The SMILES string of the molecule is Cc1[nH]c2ccccc2c1C(=O)CN1CCc2ccccc2[C@@H]1CN1C(=O)c2ccccc2C1=O. The third-order valence-electron chi connectivity index (χ3n) is 7.28. The lowest BCUT2D eigenvalue weighted by Gasteiger charge is -2.38. The van der Waals surface area contributed by atoms with Crippen LogP contribution in [0.1, 0.15) is 53.9 Å². The van der Waals surface area contributed by atoms with Crippen LogP contribution in [0, 0.1) is 6.92 Å². The van der Waals surface area contributed by atoms with Crippen LogP contribution in [0.3, 0.4) is 0 Å². The molecule has 6 rings (SSSR count). The number of aromatic nitrogens is 1. The summed E-state index contributed by atoms with van der Waals surface area (Å²) in [5.74, 6) is -0.508. The Bertz CT molecular complexity index is 1470. The third-order valence-corrected chi connectivity index (χ3v) is 7.28. The predicted molar refractivity (Wildman–Crippen MR) is 134 cm³/mol. The van der Waals surface area contributed by atoms with Crippen molar-refractivity contribution in [1.82, 2.24) is 14.8 Å². The molecule has 4 aromatic rings. The fourth-order valence-corrected chi connectivity index (χ4v) is 5.58. The van der Waals surface area contributed by atoms with Crippen LogP contribution in [0.2, 0.25) is 0 Å². The fraction of sp³-hybridized carbons (Fsp3) is 0.207. The number of Topliss-reactive ketones (excluding diaryl/α,β-unsaturated/α-hetero) is 1. The predicted octanol–water partition coefficient (Wildman–Crippen LogP) is 4.55. The van der Waals surface area contributed by atoms with Crippen molar-refractivity contribution in [3.63, 3.8) is 0 Å². The first-order valence-corrected chi connectivity index (χ1v) is 11.9. The maximum absolute atomic E-state index is 13.6. The van der Waals surface area contributed by atoms with Gasteiger partial charge in [-0.2, -0.15) is 0 Å². The molecule has 0 unspecified atom stereocenters. The molecule has 0 aliphatic carbocycles. The molecule has 0 bridgehead atoms. The molecule has 1 atom stereocenters. The quantitative estimate of drug-likeness (QED) is 0.348. The normalized spacial score (nSPS) is 17.6. The molecule has 6 heteroatoms. The minimum absolute atomic E-state index is 0.0340. The molecule has 3 aromatic carbocycles. The summed E-state index contributed by atoms with van der Waals surface area (Å²) in [5, 5.41) is 0.921. The molecule has 1 N–H and O–H groups in total. The van der Waals surface area contributed by atoms with E-state index in [1.807, 2.05) is 49.4 Å². The number of rotatable bonds is 5. The Morgan fingerprint density at radius 3 is 2.34 bits per heavy atom. The molecule has 0 saturated carbocycles. The van der Waals surface area contributed by atoms with Crippen LogP contribution in [0.5, 0.6) is 0 Å². The van der Waals surface area contributed by atoms with Gasteiger partial charge in [0.25, 0.3) is 11.8 Å². The van der Waals surface area contributed by atoms with Gasteiger partial charge >= 0.3 is 0 Å². The Labute approximate surface area is 203 Å². The van der Waals surface area contributed by atoms with Crippen molar-refractivity contribution < 1.29 is 14.4 Å². The van der Waals surface area contributed by atoms with Gasteiger partial charge in [-0.1, -0.05) is 54.6 Å². The van der Waals surface area contributed by atoms with E-state index in [4.69, 9.17) is 0 Å². The van der Waals surface area contributed by atoms with Gasteiger partial charge in [0, 0.05) is 35.2 Å². The van der Waals surface area contributed by atoms with E-state index >= 15 is 0 Å². The number of nitrogens with one attached hydrogen (secondary N) is 1. The van der Waals surface area contributed by atoms with Gasteiger partial charge in [0.1, 0.15) is 0 Å². The molecule has 0 radical (unpaired) electrons. The number of aromatic amines is 1. The van der Waals surface area contributed by atoms with Crippen molar-refractivity contribution in [2.24, 2.45) is 0 Å². The van der Waals surface area contributed by atoms with Gasteiger partial charge in [-0.15, -0.1) is 0 Å². The van der Waals surface area contributed by atoms with Gasteiger partial charge in [0.15, 0.2) is 5.78 Å². The van der Waals surface area contributed by atoms with Crippen LogP contribution >= 0.6 is 0 Å². The van der Waals surface area contributed by atoms with E-state index in [1.54, 1.807) is 24.3 Å². The number of nitrogens with zero attached hydrogens (tertiary/aromatic N) is 2. The van der Waals surface area contributed by atoms with Gasteiger partial charge < -0.3 is 4.98 Å². The second kappa shape index (κ2) is 8.32. The molecular formula is C29H25N3O3. The van der Waals surface area contributed by atoms with Crippen molar-refractivity contribution in [2.45, 2.75) is 19.4 Å². The molecule has 174 valence electrons. The van der Waals surface area contributed by atoms with E-state index in [2.05, 4.69) is 16.0 Å². The zero-order valence-corrected chi connectivity index (χ0v) is 19.5. The number of amides is 2. The third kappa shape index (κ3) is 3.49. The van der Waals surface area contributed by atoms with Gasteiger partial charge in [-0.3, -0.25) is 24.2 Å². The number of H-pyrrole nitrogens is 1. The number of carbonyl (C=O) groups excluding carboxylic acids is 3. The van der Waals surface area contributed by atoms with E-state index < -0.39 is 0 Å². The molecule has 0 saturated heterocycles. The lowest BCUT2D eigenvalue weighted by Crippen LogP contribution is -2.45. The highest BCUT2D eigenvalue weighted by Gasteiger charge is 2.39. The number of benzene rings is 3. The second-order valence-corrected chi connectivity index (χ2v) is 9.30. The summed E-state index contributed by atoms with van der Waals surface area (Å²) >= 11 is 0. The molecule has 2 aliphatic rings. The number of carbonyl (C=O) groups is 3. The summed E-state index contributed by atoms with van der Waals surface area (Å²) in [5.41, 5.74) is 5.65. The number of fused-ring (bicyclic) bond motifs is 3. The molecule has 2 aliphatic heterocycles. The fourth-order valence-electron chi connectivity index (χ4n) is 5.58. The monoisotopic (exact) mass is 463 g/mol. The number of aryl methyl sites for hydroxylation is 1. The highest BCUT2D eigenvalue weighted by molar-refractivity contribution is 6.21. The Kier molecular flexibility index (Phi) is 5.11. The Hall–Kier alpha value is -4.03. The molecule has 3 heterocycles. The van der Waals surface area contributed by atoms with E-state index in [-0.39, 0.29) is 36.7 Å². The maximum atomic E-state index is 13.6. The first kappa shape index (κ1) is 21.5. The summed E-state index contributed by atoms with van der Waals surface area (Å²) in [7, 11) is 0. The summed E-state index contributed by atoms with van der Waals surface area (Å²) in [6.45, 7) is 3.03. The van der Waals surface area contributed by atoms with Crippen LogP contribution in [0.25, 0.3) is 10.9 Å². The van der Waals surface area contributed by atoms with Gasteiger partial charge in [-0.05, 0) is 42.7 Å². The van der Waals surface area contributed by atoms with E-state index in [1.165, 1.54) is 10.5 Å². The first-order chi connectivity index (χ1) is 17.0. The smallest absolute Gasteiger partial charge is 0.261 e. The minimum atomic E-state index is -0.271. The van der Waals surface area contributed by atoms with Gasteiger partial charge in [-0.25, -0.2) is 0 Å². The van der Waals surface area contributed by atoms with E-state index in [0.29, 0.717) is 23.2 Å². The molecular weight excluding hydrogens is 438 g/mol. The topological polar surface area (TPSA) is 73.5 Å². The summed E-state index contributed by atoms with van der Waals surface area (Å²) in [4.78, 5) is 46.6. The Morgan fingerprint density at radius 1 is 0.914 bits per heavy atom. The van der Waals surface area contributed by atoms with Crippen molar-refractivity contribution in [3.8, 4) is 0 Å². The van der Waals surface area contributed by atoms with Gasteiger partial charge in [0.05, 0.1) is 23.7 Å². The Morgan fingerprint density at radius 2 is 1.57 bits per heavy atom. The summed E-state index contributed by atoms with van der Waals surface area (Å²) in [6, 6.07) is 22.6. The van der Waals surface area contributed by atoms with Crippen LogP contribution in [-0.2, 0) is 6.42 Å². The van der Waals surface area contributed by atoms with E-state index in [0.717, 1.165) is 28.6 Å². The number of hydrogen-bond acceptors (Lipinski definition) is 4. The zero-order chi connectivity index (χ0) is 24.1. The first-order valence-electron chi connectivity index (χ1n) is 11.9. The highest BCUT2D eigenvalue weighted by Crippen LogP contribution is 2.34. The summed E-state index contributed by atoms with van der Waals surface area (Å²) < 4.78 is 0. The zero-order valence-electron chi connectivity index (χ0n) is 19.5. The Balaban J connectivity index is 1.33. The molecule has 0 fully saturated rings. The molecule has 2 amide bonds. The van der Waals surface area contributed by atoms with Crippen LogP contribution in [0.15, 0.2) is 72.8 Å². The number of para-hydroxylation sites is 1. The number of hydrogen-bond donors (Lipinski definition) is 1. The lowest BCUT2D eigenvalue weighted by molar-refractivity contribution is 0.0574. The van der Waals surface area contributed by atoms with Crippen LogP contribution < -0.4 is 0 Å². The molecule has 35 heavy (non-hydrogen) atoms. The van der Waals surface area contributed by atoms with Crippen LogP contribution in [0.4, 0.5) is 0 Å². The maximum Gasteiger partial charge on any atom is 0.261 e. The minimum Gasteiger partial charge on any atom is -0.358 e. The highest BCUT2D eigenvalue weighted by atomic mass is 16.2. The van der Waals surface area contributed by atoms with Crippen molar-refractivity contribution in [1.29, 1.82) is 0 Å². The standard InChI is InChI=1S/C29H25N3O3/c1-18-27(23-12-6-7-13-24(23)30-18)26(33)17-31-15-14-19-8-2-3-9-20(19)25(31)16-32-28(34)21-10-4-5-11-22(21)29(32)35/h2-13,25,30H,14-17H2,1H3/t25-/m0/s1. The van der Waals surface area contributed by atoms with Crippen molar-refractivity contribution in [2.75, 3.05) is 19.6 Å². The molecule has 1 aromatic heterocycles. The van der Waals surface area contributed by atoms with Crippen LogP contribution in [-0.4, -0.2) is 52.0 Å². The summed E-state index contributed by atoms with van der Waals surface area (Å²) in [6.07, 6.45) is 0.814. The van der Waals surface area contributed by atoms with Crippen molar-refractivity contribution >= 4 is 28.5 Å². The van der Waals surface area contributed by atoms with Gasteiger partial charge in [0.2, 0.25) is 0 Å². The molecule has 0 spiro atoms. The lowest BCUT2D eigenvalue weighted by atomic mass is 9.91.